The fourth-order valence-electron chi connectivity index (χ4n) is 4.15. The van der Waals surface area contributed by atoms with E-state index in [-0.39, 0.29) is 42.2 Å². The summed E-state index contributed by atoms with van der Waals surface area (Å²) in [6, 6.07) is 7.04. The van der Waals surface area contributed by atoms with Gasteiger partial charge in [-0.2, -0.15) is 0 Å². The molecule has 2 fully saturated rings. The van der Waals surface area contributed by atoms with Gasteiger partial charge in [-0.25, -0.2) is 0 Å². The molecule has 7 heteroatoms. The number of amides is 2. The lowest BCUT2D eigenvalue weighted by molar-refractivity contribution is -0.141. The molecule has 0 spiro atoms. The number of carbonyl (C=O) groups excluding carboxylic acids is 2. The highest BCUT2D eigenvalue weighted by Crippen LogP contribution is 2.26. The van der Waals surface area contributed by atoms with Gasteiger partial charge in [-0.15, -0.1) is 12.4 Å². The van der Waals surface area contributed by atoms with Crippen LogP contribution in [-0.2, 0) is 4.79 Å². The summed E-state index contributed by atoms with van der Waals surface area (Å²) in [6.45, 7) is 3.95. The molecule has 2 saturated heterocycles. The van der Waals surface area contributed by atoms with Crippen molar-refractivity contribution in [2.45, 2.75) is 51.1 Å². The van der Waals surface area contributed by atoms with E-state index in [0.717, 1.165) is 38.6 Å². The van der Waals surface area contributed by atoms with Crippen molar-refractivity contribution in [3.8, 4) is 0 Å². The van der Waals surface area contributed by atoms with Crippen molar-refractivity contribution in [2.24, 2.45) is 11.7 Å². The summed E-state index contributed by atoms with van der Waals surface area (Å²) >= 11 is 5.91. The molecule has 0 saturated carbocycles. The summed E-state index contributed by atoms with van der Waals surface area (Å²) in [5.41, 5.74) is 6.74. The van der Waals surface area contributed by atoms with E-state index in [4.69, 9.17) is 17.3 Å². The van der Waals surface area contributed by atoms with Crippen molar-refractivity contribution < 1.29 is 9.59 Å². The molecule has 2 aliphatic heterocycles. The average Bonchev–Trinajstić information content (AvgIpc) is 2.67. The van der Waals surface area contributed by atoms with Gasteiger partial charge in [-0.1, -0.05) is 11.6 Å². The number of carbonyl (C=O) groups is 2. The van der Waals surface area contributed by atoms with Gasteiger partial charge in [0.15, 0.2) is 0 Å². The first-order chi connectivity index (χ1) is 12.5. The lowest BCUT2D eigenvalue weighted by Gasteiger charge is -2.42. The van der Waals surface area contributed by atoms with E-state index in [9.17, 15) is 9.59 Å². The van der Waals surface area contributed by atoms with Crippen LogP contribution in [0.15, 0.2) is 24.3 Å². The third kappa shape index (κ3) is 5.15. The predicted molar refractivity (Wildman–Crippen MR) is 110 cm³/mol. The third-order valence-corrected chi connectivity index (χ3v) is 5.84. The maximum absolute atomic E-state index is 13.1. The second kappa shape index (κ2) is 9.76. The van der Waals surface area contributed by atoms with Crippen LogP contribution >= 0.6 is 24.0 Å². The van der Waals surface area contributed by atoms with Crippen LogP contribution in [0.2, 0.25) is 5.02 Å². The van der Waals surface area contributed by atoms with E-state index >= 15 is 0 Å². The minimum atomic E-state index is -0.126. The molecule has 2 amide bonds. The fraction of sp³-hybridized carbons (Fsp3) is 0.600. The number of benzene rings is 1. The van der Waals surface area contributed by atoms with Gasteiger partial charge >= 0.3 is 0 Å². The van der Waals surface area contributed by atoms with Crippen molar-refractivity contribution >= 4 is 35.8 Å². The monoisotopic (exact) mass is 413 g/mol. The second-order valence-electron chi connectivity index (χ2n) is 7.55. The van der Waals surface area contributed by atoms with Gasteiger partial charge in [0, 0.05) is 42.3 Å². The molecular weight excluding hydrogens is 385 g/mol. The Morgan fingerprint density at radius 3 is 2.48 bits per heavy atom. The molecule has 0 bridgehead atoms. The summed E-state index contributed by atoms with van der Waals surface area (Å²) in [5, 5.41) is 0.611. The molecule has 0 aliphatic carbocycles. The number of hydrogen-bond acceptors (Lipinski definition) is 3. The van der Waals surface area contributed by atoms with Crippen LogP contribution in [0.5, 0.6) is 0 Å². The van der Waals surface area contributed by atoms with Gasteiger partial charge in [0.05, 0.1) is 5.92 Å². The Morgan fingerprint density at radius 2 is 1.81 bits per heavy atom. The first kappa shape index (κ1) is 22.0. The van der Waals surface area contributed by atoms with Gasteiger partial charge < -0.3 is 15.5 Å². The Balaban J connectivity index is 0.00000261. The maximum Gasteiger partial charge on any atom is 0.253 e. The lowest BCUT2D eigenvalue weighted by Crippen LogP contribution is -2.55. The van der Waals surface area contributed by atoms with Crippen molar-refractivity contribution in [1.29, 1.82) is 0 Å². The van der Waals surface area contributed by atoms with Gasteiger partial charge in [0.2, 0.25) is 5.91 Å². The number of nitrogens with two attached hydrogens (primary N) is 1. The van der Waals surface area contributed by atoms with Crippen molar-refractivity contribution in [3.63, 3.8) is 0 Å². The topological polar surface area (TPSA) is 66.6 Å². The fourth-order valence-corrected chi connectivity index (χ4v) is 4.28. The normalized spacial score (nSPS) is 24.1. The summed E-state index contributed by atoms with van der Waals surface area (Å²) in [6.07, 6.45) is 4.83. The minimum absolute atomic E-state index is 0. The van der Waals surface area contributed by atoms with E-state index in [0.29, 0.717) is 23.7 Å². The van der Waals surface area contributed by atoms with E-state index in [1.165, 1.54) is 0 Å². The van der Waals surface area contributed by atoms with Crippen LogP contribution in [0, 0.1) is 5.92 Å². The molecule has 2 heterocycles. The zero-order valence-corrected chi connectivity index (χ0v) is 17.3. The highest BCUT2D eigenvalue weighted by molar-refractivity contribution is 6.30. The highest BCUT2D eigenvalue weighted by atomic mass is 35.5. The largest absolute Gasteiger partial charge is 0.338 e. The van der Waals surface area contributed by atoms with Gasteiger partial charge in [-0.05, 0) is 63.3 Å². The Hall–Kier alpha value is -1.30. The number of nitrogens with zero attached hydrogens (tertiary/aromatic N) is 2. The van der Waals surface area contributed by atoms with Gasteiger partial charge in [-0.3, -0.25) is 9.59 Å². The molecule has 2 aliphatic rings. The molecule has 3 atom stereocenters. The Morgan fingerprint density at radius 1 is 1.11 bits per heavy atom. The van der Waals surface area contributed by atoms with Gasteiger partial charge in [0.1, 0.15) is 0 Å². The second-order valence-corrected chi connectivity index (χ2v) is 7.99. The van der Waals surface area contributed by atoms with E-state index in [2.05, 4.69) is 0 Å². The van der Waals surface area contributed by atoms with E-state index < -0.39 is 0 Å². The number of rotatable bonds is 3. The van der Waals surface area contributed by atoms with Crippen molar-refractivity contribution in [2.75, 3.05) is 19.6 Å². The van der Waals surface area contributed by atoms with Crippen LogP contribution in [0.1, 0.15) is 49.4 Å². The molecule has 0 radical (unpaired) electrons. The predicted octanol–water partition coefficient (Wildman–Crippen LogP) is 3.34. The molecule has 3 rings (SSSR count). The molecule has 1 aromatic carbocycles. The number of piperidine rings is 2. The maximum atomic E-state index is 13.1. The minimum Gasteiger partial charge on any atom is -0.338 e. The van der Waals surface area contributed by atoms with Crippen LogP contribution in [0.25, 0.3) is 0 Å². The summed E-state index contributed by atoms with van der Waals surface area (Å²) in [4.78, 5) is 29.7. The molecule has 150 valence electrons. The standard InChI is InChI=1S/C20H28ClN3O2.ClH/c1-14(22)18-6-2-3-12-24(18)20(26)16-5-4-11-23(13-16)19(25)15-7-9-17(21)10-8-15;/h7-10,14,16,18H,2-6,11-13,22H2,1H3;1H. The quantitative estimate of drug-likeness (QED) is 0.825. The molecule has 1 aromatic rings. The highest BCUT2D eigenvalue weighted by Gasteiger charge is 2.36. The lowest BCUT2D eigenvalue weighted by atomic mass is 9.91. The SMILES string of the molecule is CC(N)C1CCCCN1C(=O)C1CCCN(C(=O)c2ccc(Cl)cc2)C1.Cl. The molecule has 27 heavy (non-hydrogen) atoms. The molecule has 2 N–H and O–H groups in total. The van der Waals surface area contributed by atoms with Crippen LogP contribution < -0.4 is 5.73 Å². The number of likely N-dealkylation sites (tertiary alicyclic amines) is 2. The van der Waals surface area contributed by atoms with Crippen LogP contribution in [-0.4, -0.2) is 53.3 Å². The molecule has 5 nitrogen and oxygen atoms in total. The Bertz CT molecular complexity index is 651. The summed E-state index contributed by atoms with van der Waals surface area (Å²) in [7, 11) is 0. The Labute approximate surface area is 172 Å². The zero-order chi connectivity index (χ0) is 18.7. The summed E-state index contributed by atoms with van der Waals surface area (Å²) < 4.78 is 0. The van der Waals surface area contributed by atoms with E-state index in [1.54, 1.807) is 29.2 Å². The first-order valence-electron chi connectivity index (χ1n) is 9.58. The summed E-state index contributed by atoms with van der Waals surface area (Å²) in [5.74, 6) is 0.0153. The molecule has 3 unspecified atom stereocenters. The third-order valence-electron chi connectivity index (χ3n) is 5.59. The number of halogens is 2. The zero-order valence-electron chi connectivity index (χ0n) is 15.8. The smallest absolute Gasteiger partial charge is 0.253 e. The average molecular weight is 414 g/mol. The van der Waals surface area contributed by atoms with Crippen LogP contribution in [0.4, 0.5) is 0 Å². The van der Waals surface area contributed by atoms with Crippen LogP contribution in [0.3, 0.4) is 0 Å². The Kier molecular flexibility index (Phi) is 7.95. The molecule has 0 aromatic heterocycles. The van der Waals surface area contributed by atoms with Crippen molar-refractivity contribution in [3.05, 3.63) is 34.9 Å². The van der Waals surface area contributed by atoms with E-state index in [1.807, 2.05) is 11.8 Å². The van der Waals surface area contributed by atoms with Crippen molar-refractivity contribution in [1.82, 2.24) is 9.80 Å². The molecular formula is C20H29Cl2N3O2. The number of hydrogen-bond donors (Lipinski definition) is 1. The first-order valence-corrected chi connectivity index (χ1v) is 9.96. The van der Waals surface area contributed by atoms with Gasteiger partial charge in [0.25, 0.3) is 5.91 Å².